The summed E-state index contributed by atoms with van der Waals surface area (Å²) in [5, 5.41) is 9.85. The predicted molar refractivity (Wildman–Crippen MR) is 99.4 cm³/mol. The van der Waals surface area contributed by atoms with E-state index in [-0.39, 0.29) is 29.0 Å². The number of carboxylic acid groups (broad SMARTS) is 1. The highest BCUT2D eigenvalue weighted by molar-refractivity contribution is 6.42. The fraction of sp³-hybridized carbons (Fsp3) is 0.278. The largest absolute Gasteiger partial charge is 0.489 e. The molecule has 1 atom stereocenters. The molecule has 0 saturated carbocycles. The summed E-state index contributed by atoms with van der Waals surface area (Å²) in [6.07, 6.45) is -0.305. The number of aromatic nitrogens is 1. The summed E-state index contributed by atoms with van der Waals surface area (Å²) in [7, 11) is 1.62. The van der Waals surface area contributed by atoms with Crippen molar-refractivity contribution >= 4 is 35.1 Å². The van der Waals surface area contributed by atoms with Crippen molar-refractivity contribution < 1.29 is 19.4 Å². The Hall–Kier alpha value is -2.31. The number of hydrogen-bond acceptors (Lipinski definition) is 4. The number of pyridine rings is 1. The third-order valence-electron chi connectivity index (χ3n) is 3.64. The van der Waals surface area contributed by atoms with Crippen LogP contribution in [0.25, 0.3) is 0 Å². The Balaban J connectivity index is 2.02. The van der Waals surface area contributed by atoms with Crippen molar-refractivity contribution in [1.29, 1.82) is 0 Å². The first-order valence-corrected chi connectivity index (χ1v) is 8.52. The number of ether oxygens (including phenoxy) is 1. The molecule has 0 radical (unpaired) electrons. The molecule has 0 aliphatic heterocycles. The van der Waals surface area contributed by atoms with Crippen molar-refractivity contribution in [3.8, 4) is 5.75 Å². The zero-order valence-corrected chi connectivity index (χ0v) is 16.0. The lowest BCUT2D eigenvalue weighted by atomic mass is 10.2. The highest BCUT2D eigenvalue weighted by Crippen LogP contribution is 2.26. The van der Waals surface area contributed by atoms with Crippen LogP contribution >= 0.6 is 23.2 Å². The van der Waals surface area contributed by atoms with E-state index in [9.17, 15) is 9.59 Å². The average molecular weight is 397 g/mol. The highest BCUT2D eigenvalue weighted by Gasteiger charge is 2.19. The Bertz CT molecular complexity index is 842. The fourth-order valence-electron chi connectivity index (χ4n) is 2.39. The Morgan fingerprint density at radius 1 is 1.23 bits per heavy atom. The van der Waals surface area contributed by atoms with Crippen molar-refractivity contribution in [2.24, 2.45) is 0 Å². The van der Waals surface area contributed by atoms with Crippen LogP contribution in [0.4, 0.5) is 0 Å². The molecule has 1 heterocycles. The van der Waals surface area contributed by atoms with Gasteiger partial charge >= 0.3 is 5.97 Å². The number of carbonyl (C=O) groups excluding carboxylic acids is 1. The van der Waals surface area contributed by atoms with Crippen LogP contribution in [0.3, 0.4) is 0 Å². The van der Waals surface area contributed by atoms with Gasteiger partial charge in [0.2, 0.25) is 0 Å². The molecular weight excluding hydrogens is 379 g/mol. The number of hydrogen-bond donors (Lipinski definition) is 1. The predicted octanol–water partition coefficient (Wildman–Crippen LogP) is 3.93. The van der Waals surface area contributed by atoms with E-state index in [0.29, 0.717) is 22.3 Å². The zero-order valence-electron chi connectivity index (χ0n) is 14.5. The van der Waals surface area contributed by atoms with Crippen LogP contribution in [0.5, 0.6) is 5.75 Å². The van der Waals surface area contributed by atoms with Crippen molar-refractivity contribution in [1.82, 2.24) is 9.88 Å². The SMILES string of the molecule is Cc1nc(C(=O)N(C)CC(C)Oc2ccc(Cl)c(Cl)c2)ccc1C(=O)O. The number of aromatic carboxylic acids is 1. The average Bonchev–Trinajstić information content (AvgIpc) is 2.56. The maximum Gasteiger partial charge on any atom is 0.337 e. The number of carbonyl (C=O) groups is 2. The van der Waals surface area contributed by atoms with Crippen LogP contribution in [0, 0.1) is 6.92 Å². The topological polar surface area (TPSA) is 79.7 Å². The standard InChI is InChI=1S/C18H18Cl2N2O4/c1-10(26-12-4-6-14(19)15(20)8-12)9-22(3)17(23)16-7-5-13(18(24)25)11(2)21-16/h4-8,10H,9H2,1-3H3,(H,24,25). The van der Waals surface area contributed by atoms with Crippen molar-refractivity contribution in [3.05, 3.63) is 57.3 Å². The molecule has 6 nitrogen and oxygen atoms in total. The Morgan fingerprint density at radius 3 is 2.50 bits per heavy atom. The number of amides is 1. The molecule has 2 aromatic rings. The maximum atomic E-state index is 12.5. The number of aryl methyl sites for hydroxylation is 1. The second kappa shape index (κ2) is 8.38. The lowest BCUT2D eigenvalue weighted by Crippen LogP contribution is -2.36. The van der Waals surface area contributed by atoms with Gasteiger partial charge in [-0.3, -0.25) is 4.79 Å². The number of rotatable bonds is 6. The molecule has 1 aromatic carbocycles. The van der Waals surface area contributed by atoms with E-state index in [1.807, 2.05) is 6.92 Å². The lowest BCUT2D eigenvalue weighted by Gasteiger charge is -2.22. The van der Waals surface area contributed by atoms with Crippen molar-refractivity contribution in [3.63, 3.8) is 0 Å². The van der Waals surface area contributed by atoms with Gasteiger partial charge in [-0.05, 0) is 38.1 Å². The van der Waals surface area contributed by atoms with Gasteiger partial charge in [-0.1, -0.05) is 23.2 Å². The van der Waals surface area contributed by atoms with Crippen molar-refractivity contribution in [2.75, 3.05) is 13.6 Å². The minimum Gasteiger partial charge on any atom is -0.489 e. The monoisotopic (exact) mass is 396 g/mol. The molecule has 1 aromatic heterocycles. The van der Waals surface area contributed by atoms with Crippen molar-refractivity contribution in [2.45, 2.75) is 20.0 Å². The third kappa shape index (κ3) is 4.86. The van der Waals surface area contributed by atoms with E-state index in [1.54, 1.807) is 32.2 Å². The molecule has 0 fully saturated rings. The summed E-state index contributed by atoms with van der Waals surface area (Å²) in [6, 6.07) is 7.72. The Kier molecular flexibility index (Phi) is 6.45. The summed E-state index contributed by atoms with van der Waals surface area (Å²) < 4.78 is 5.75. The second-order valence-electron chi connectivity index (χ2n) is 5.82. The van der Waals surface area contributed by atoms with Crippen LogP contribution in [0.2, 0.25) is 10.0 Å². The van der Waals surface area contributed by atoms with Crippen LogP contribution in [-0.4, -0.2) is 46.6 Å². The van der Waals surface area contributed by atoms with Gasteiger partial charge in [0.25, 0.3) is 5.91 Å². The summed E-state index contributed by atoms with van der Waals surface area (Å²) in [6.45, 7) is 3.68. The molecule has 0 aliphatic carbocycles. The van der Waals surface area contributed by atoms with Gasteiger partial charge in [0.15, 0.2) is 0 Å². The minimum atomic E-state index is -1.08. The molecule has 0 saturated heterocycles. The highest BCUT2D eigenvalue weighted by atomic mass is 35.5. The number of likely N-dealkylation sites (N-methyl/N-ethyl adjacent to an activating group) is 1. The first-order valence-electron chi connectivity index (χ1n) is 7.77. The normalized spacial score (nSPS) is 11.7. The number of benzene rings is 1. The number of carboxylic acids is 1. The van der Waals surface area contributed by atoms with Gasteiger partial charge in [-0.2, -0.15) is 0 Å². The summed E-state index contributed by atoms with van der Waals surface area (Å²) >= 11 is 11.8. The minimum absolute atomic E-state index is 0.0699. The molecule has 8 heteroatoms. The lowest BCUT2D eigenvalue weighted by molar-refractivity contribution is 0.0689. The van der Waals surface area contributed by atoms with E-state index in [1.165, 1.54) is 17.0 Å². The van der Waals surface area contributed by atoms with Gasteiger partial charge in [-0.15, -0.1) is 0 Å². The van der Waals surface area contributed by atoms with E-state index in [0.717, 1.165) is 0 Å². The Labute approximate surface area is 161 Å². The zero-order chi connectivity index (χ0) is 19.4. The number of halogens is 2. The van der Waals surface area contributed by atoms with E-state index in [2.05, 4.69) is 4.98 Å². The van der Waals surface area contributed by atoms with E-state index < -0.39 is 5.97 Å². The molecular formula is C18H18Cl2N2O4. The second-order valence-corrected chi connectivity index (χ2v) is 6.64. The van der Waals surface area contributed by atoms with Gasteiger partial charge in [0.1, 0.15) is 17.5 Å². The molecule has 0 bridgehead atoms. The van der Waals surface area contributed by atoms with Gasteiger partial charge in [0, 0.05) is 13.1 Å². The van der Waals surface area contributed by atoms with Crippen LogP contribution in [0.1, 0.15) is 33.5 Å². The molecule has 26 heavy (non-hydrogen) atoms. The summed E-state index contributed by atoms with van der Waals surface area (Å²) in [4.78, 5) is 29.1. The summed E-state index contributed by atoms with van der Waals surface area (Å²) in [5.41, 5.74) is 0.536. The fourth-order valence-corrected chi connectivity index (χ4v) is 2.68. The summed E-state index contributed by atoms with van der Waals surface area (Å²) in [5.74, 6) is -0.854. The molecule has 1 amide bonds. The molecule has 138 valence electrons. The van der Waals surface area contributed by atoms with Crippen LogP contribution in [0.15, 0.2) is 30.3 Å². The first-order chi connectivity index (χ1) is 12.2. The molecule has 1 N–H and O–H groups in total. The molecule has 2 rings (SSSR count). The van der Waals surface area contributed by atoms with Crippen LogP contribution in [-0.2, 0) is 0 Å². The van der Waals surface area contributed by atoms with Gasteiger partial charge in [0.05, 0.1) is 27.8 Å². The first kappa shape index (κ1) is 20.0. The van der Waals surface area contributed by atoms with Gasteiger partial charge < -0.3 is 14.7 Å². The van der Waals surface area contributed by atoms with Crippen LogP contribution < -0.4 is 4.74 Å². The van der Waals surface area contributed by atoms with E-state index in [4.69, 9.17) is 33.0 Å². The maximum absolute atomic E-state index is 12.5. The quantitative estimate of drug-likeness (QED) is 0.799. The van der Waals surface area contributed by atoms with Gasteiger partial charge in [-0.25, -0.2) is 9.78 Å². The third-order valence-corrected chi connectivity index (χ3v) is 4.38. The van der Waals surface area contributed by atoms with E-state index >= 15 is 0 Å². The Morgan fingerprint density at radius 2 is 1.92 bits per heavy atom. The smallest absolute Gasteiger partial charge is 0.337 e. The molecule has 1 unspecified atom stereocenters. The molecule has 0 aliphatic rings. The number of nitrogens with zero attached hydrogens (tertiary/aromatic N) is 2. The molecule has 0 spiro atoms.